The van der Waals surface area contributed by atoms with Crippen molar-refractivity contribution in [2.75, 3.05) is 23.3 Å². The van der Waals surface area contributed by atoms with Gasteiger partial charge in [0, 0.05) is 25.1 Å². The number of rotatable bonds is 6. The highest BCUT2D eigenvalue weighted by Crippen LogP contribution is 2.33. The van der Waals surface area contributed by atoms with Crippen molar-refractivity contribution < 1.29 is 27.9 Å². The minimum absolute atomic E-state index is 0.179. The number of anilines is 2. The van der Waals surface area contributed by atoms with Crippen LogP contribution in [0, 0.1) is 12.8 Å². The molecule has 1 aliphatic heterocycles. The van der Waals surface area contributed by atoms with E-state index in [0.717, 1.165) is 49.3 Å². The van der Waals surface area contributed by atoms with Crippen molar-refractivity contribution in [1.82, 2.24) is 4.98 Å². The SMILES string of the molecule is Cc1cccc(C(=O)Nc2ccc(N3CCC(CC(=O)O)CC3)cn2)c1-c1ccc(C(F)(F)F)cc1. The molecule has 2 N–H and O–H groups in total. The van der Waals surface area contributed by atoms with Gasteiger partial charge in [-0.3, -0.25) is 9.59 Å². The van der Waals surface area contributed by atoms with Crippen LogP contribution in [0.2, 0.25) is 0 Å². The van der Waals surface area contributed by atoms with E-state index in [4.69, 9.17) is 5.11 Å². The molecule has 1 aliphatic rings. The molecule has 1 saturated heterocycles. The lowest BCUT2D eigenvalue weighted by atomic mass is 9.93. The van der Waals surface area contributed by atoms with E-state index in [9.17, 15) is 22.8 Å². The zero-order chi connectivity index (χ0) is 25.9. The molecule has 6 nitrogen and oxygen atoms in total. The molecule has 2 aromatic carbocycles. The van der Waals surface area contributed by atoms with Crippen LogP contribution in [0.4, 0.5) is 24.7 Å². The molecule has 1 aromatic heterocycles. The third-order valence-corrected chi connectivity index (χ3v) is 6.45. The molecule has 0 atom stereocenters. The van der Waals surface area contributed by atoms with Crippen LogP contribution in [0.1, 0.15) is 40.7 Å². The van der Waals surface area contributed by atoms with E-state index in [1.165, 1.54) is 12.1 Å². The molecule has 0 spiro atoms. The van der Waals surface area contributed by atoms with Crippen LogP contribution in [0.5, 0.6) is 0 Å². The minimum Gasteiger partial charge on any atom is -0.481 e. The monoisotopic (exact) mass is 497 g/mol. The minimum atomic E-state index is -4.43. The summed E-state index contributed by atoms with van der Waals surface area (Å²) in [4.78, 5) is 30.5. The average molecular weight is 498 g/mol. The van der Waals surface area contributed by atoms with E-state index in [1.807, 2.05) is 6.07 Å². The van der Waals surface area contributed by atoms with E-state index in [-0.39, 0.29) is 12.3 Å². The summed E-state index contributed by atoms with van der Waals surface area (Å²) in [6.07, 6.45) is -0.989. The number of aromatic nitrogens is 1. The molecule has 0 bridgehead atoms. The van der Waals surface area contributed by atoms with Gasteiger partial charge in [0.2, 0.25) is 0 Å². The van der Waals surface area contributed by atoms with Crippen molar-refractivity contribution in [3.05, 3.63) is 77.5 Å². The first-order valence-electron chi connectivity index (χ1n) is 11.6. The Kier molecular flexibility index (Phi) is 7.28. The third kappa shape index (κ3) is 5.84. The third-order valence-electron chi connectivity index (χ3n) is 6.45. The van der Waals surface area contributed by atoms with Gasteiger partial charge in [-0.25, -0.2) is 4.98 Å². The van der Waals surface area contributed by atoms with Crippen molar-refractivity contribution in [3.8, 4) is 11.1 Å². The molecule has 3 aromatic rings. The fourth-order valence-electron chi connectivity index (χ4n) is 4.54. The predicted octanol–water partition coefficient (Wildman–Crippen LogP) is 6.02. The van der Waals surface area contributed by atoms with Crippen LogP contribution in [-0.2, 0) is 11.0 Å². The van der Waals surface area contributed by atoms with E-state index < -0.39 is 23.6 Å². The van der Waals surface area contributed by atoms with Gasteiger partial charge in [-0.1, -0.05) is 24.3 Å². The molecule has 4 rings (SSSR count). The number of carboxylic acids is 1. The molecule has 1 amide bonds. The maximum atomic E-state index is 13.1. The predicted molar refractivity (Wildman–Crippen MR) is 131 cm³/mol. The number of aryl methyl sites for hydroxylation is 1. The lowest BCUT2D eigenvalue weighted by Crippen LogP contribution is -2.34. The number of amides is 1. The van der Waals surface area contributed by atoms with E-state index >= 15 is 0 Å². The summed E-state index contributed by atoms with van der Waals surface area (Å²) >= 11 is 0. The zero-order valence-corrected chi connectivity index (χ0v) is 19.7. The highest BCUT2D eigenvalue weighted by Gasteiger charge is 2.30. The van der Waals surface area contributed by atoms with Gasteiger partial charge >= 0.3 is 12.1 Å². The maximum Gasteiger partial charge on any atom is 0.416 e. The van der Waals surface area contributed by atoms with Crippen molar-refractivity contribution >= 4 is 23.4 Å². The van der Waals surface area contributed by atoms with Gasteiger partial charge in [0.15, 0.2) is 0 Å². The fourth-order valence-corrected chi connectivity index (χ4v) is 4.54. The van der Waals surface area contributed by atoms with Gasteiger partial charge in [0.05, 0.1) is 17.4 Å². The van der Waals surface area contributed by atoms with Crippen molar-refractivity contribution in [2.24, 2.45) is 5.92 Å². The molecule has 0 unspecified atom stereocenters. The Bertz CT molecular complexity index is 1230. The summed E-state index contributed by atoms with van der Waals surface area (Å²) in [6.45, 7) is 3.28. The Morgan fingerprint density at radius 2 is 1.75 bits per heavy atom. The molecule has 0 aliphatic carbocycles. The van der Waals surface area contributed by atoms with Crippen LogP contribution in [-0.4, -0.2) is 35.1 Å². The van der Waals surface area contributed by atoms with Gasteiger partial charge < -0.3 is 15.3 Å². The molecule has 0 saturated carbocycles. The van der Waals surface area contributed by atoms with E-state index in [0.29, 0.717) is 22.5 Å². The summed E-state index contributed by atoms with van der Waals surface area (Å²) in [5, 5.41) is 11.7. The Morgan fingerprint density at radius 3 is 2.33 bits per heavy atom. The molecule has 2 heterocycles. The van der Waals surface area contributed by atoms with Crippen LogP contribution in [0.15, 0.2) is 60.8 Å². The molecule has 9 heteroatoms. The van der Waals surface area contributed by atoms with Crippen LogP contribution in [0.25, 0.3) is 11.1 Å². The average Bonchev–Trinajstić information content (AvgIpc) is 2.84. The molecule has 188 valence electrons. The Balaban J connectivity index is 1.47. The van der Waals surface area contributed by atoms with Gasteiger partial charge in [-0.2, -0.15) is 13.2 Å². The number of aliphatic carboxylic acids is 1. The number of benzene rings is 2. The first kappa shape index (κ1) is 25.2. The first-order valence-corrected chi connectivity index (χ1v) is 11.6. The maximum absolute atomic E-state index is 13.1. The lowest BCUT2D eigenvalue weighted by Gasteiger charge is -2.32. The number of hydrogen-bond donors (Lipinski definition) is 2. The Hall–Kier alpha value is -3.88. The first-order chi connectivity index (χ1) is 17.1. The highest BCUT2D eigenvalue weighted by molar-refractivity contribution is 6.08. The second kappa shape index (κ2) is 10.4. The summed E-state index contributed by atoms with van der Waals surface area (Å²) in [5.41, 5.74) is 2.31. The van der Waals surface area contributed by atoms with Crippen molar-refractivity contribution in [1.29, 1.82) is 0 Å². The normalized spacial score (nSPS) is 14.5. The number of nitrogens with zero attached hydrogens (tertiary/aromatic N) is 2. The summed E-state index contributed by atoms with van der Waals surface area (Å²) in [6, 6.07) is 13.5. The van der Waals surface area contributed by atoms with Crippen molar-refractivity contribution in [2.45, 2.75) is 32.4 Å². The quantitative estimate of drug-likeness (QED) is 0.435. The number of halogens is 3. The second-order valence-corrected chi connectivity index (χ2v) is 8.96. The lowest BCUT2D eigenvalue weighted by molar-refractivity contribution is -0.138. The summed E-state index contributed by atoms with van der Waals surface area (Å²) in [5.74, 6) is -0.656. The number of pyridine rings is 1. The topological polar surface area (TPSA) is 82.5 Å². The smallest absolute Gasteiger partial charge is 0.416 e. The van der Waals surface area contributed by atoms with E-state index in [2.05, 4.69) is 15.2 Å². The van der Waals surface area contributed by atoms with E-state index in [1.54, 1.807) is 37.4 Å². The van der Waals surface area contributed by atoms with Gasteiger partial charge in [-0.15, -0.1) is 0 Å². The number of carbonyl (C=O) groups excluding carboxylic acids is 1. The molecular weight excluding hydrogens is 471 g/mol. The molecular formula is C27H26F3N3O3. The van der Waals surface area contributed by atoms with Crippen molar-refractivity contribution in [3.63, 3.8) is 0 Å². The van der Waals surface area contributed by atoms with Gasteiger partial charge in [0.1, 0.15) is 5.82 Å². The Morgan fingerprint density at radius 1 is 1.06 bits per heavy atom. The number of alkyl halides is 3. The number of nitrogens with one attached hydrogen (secondary N) is 1. The number of carbonyl (C=O) groups is 2. The van der Waals surface area contributed by atoms with Gasteiger partial charge in [-0.05, 0) is 72.7 Å². The van der Waals surface area contributed by atoms with Crippen LogP contribution >= 0.6 is 0 Å². The Labute approximate surface area is 206 Å². The van der Waals surface area contributed by atoms with Crippen LogP contribution in [0.3, 0.4) is 0 Å². The second-order valence-electron chi connectivity index (χ2n) is 8.96. The molecule has 0 radical (unpaired) electrons. The fraction of sp³-hybridized carbons (Fsp3) is 0.296. The van der Waals surface area contributed by atoms with Gasteiger partial charge in [0.25, 0.3) is 5.91 Å². The number of carboxylic acid groups (broad SMARTS) is 1. The largest absolute Gasteiger partial charge is 0.481 e. The number of hydrogen-bond acceptors (Lipinski definition) is 4. The summed E-state index contributed by atoms with van der Waals surface area (Å²) < 4.78 is 38.9. The number of piperidine rings is 1. The zero-order valence-electron chi connectivity index (χ0n) is 19.7. The summed E-state index contributed by atoms with van der Waals surface area (Å²) in [7, 11) is 0. The standard InChI is InChI=1S/C27H26F3N3O3/c1-17-3-2-4-22(25(17)19-5-7-20(8-6-19)27(28,29)30)26(36)32-23-10-9-21(16-31-23)33-13-11-18(12-14-33)15-24(34)35/h2-10,16,18H,11-15H2,1H3,(H,34,35)(H,31,32,36). The molecule has 1 fully saturated rings. The van der Waals surface area contributed by atoms with Crippen LogP contribution < -0.4 is 10.2 Å². The highest BCUT2D eigenvalue weighted by atomic mass is 19.4. The molecule has 36 heavy (non-hydrogen) atoms.